The van der Waals surface area contributed by atoms with E-state index < -0.39 is 30.9 Å². The zero-order valence-corrected chi connectivity index (χ0v) is 9.86. The van der Waals surface area contributed by atoms with Gasteiger partial charge in [-0.15, -0.1) is 12.4 Å². The van der Waals surface area contributed by atoms with E-state index in [9.17, 15) is 14.3 Å². The van der Waals surface area contributed by atoms with Crippen LogP contribution >= 0.6 is 12.4 Å². The number of nitrogens with one attached hydrogen (secondary N) is 1. The van der Waals surface area contributed by atoms with Crippen molar-refractivity contribution in [3.63, 3.8) is 0 Å². The Morgan fingerprint density at radius 3 is 2.59 bits per heavy atom. The lowest BCUT2D eigenvalue weighted by Gasteiger charge is -2.26. The normalized spacial score (nSPS) is 32.0. The van der Waals surface area contributed by atoms with Gasteiger partial charge in [-0.25, -0.2) is 4.39 Å². The fourth-order valence-electron chi connectivity index (χ4n) is 1.92. The zero-order valence-electron chi connectivity index (χ0n) is 9.04. The first-order valence-corrected chi connectivity index (χ1v) is 5.07. The first-order chi connectivity index (χ1) is 7.38. The molecule has 100 valence electrons. The summed E-state index contributed by atoms with van der Waals surface area (Å²) in [6, 6.07) is -1.45. The Labute approximate surface area is 104 Å². The fourth-order valence-corrected chi connectivity index (χ4v) is 1.92. The predicted molar refractivity (Wildman–Crippen MR) is 60.8 cm³/mol. The number of aliphatic hydroxyl groups excluding tert-OH is 1. The summed E-state index contributed by atoms with van der Waals surface area (Å²) < 4.78 is 14.2. The highest BCUT2D eigenvalue weighted by atomic mass is 35.5. The van der Waals surface area contributed by atoms with E-state index in [1.165, 1.54) is 0 Å². The van der Waals surface area contributed by atoms with Gasteiger partial charge in [-0.2, -0.15) is 0 Å². The molecule has 17 heavy (non-hydrogen) atoms. The second kappa shape index (κ2) is 6.51. The largest absolute Gasteiger partial charge is 0.480 e. The topological polar surface area (TPSA) is 110 Å². The summed E-state index contributed by atoms with van der Waals surface area (Å²) in [4.78, 5) is 10.7. The summed E-state index contributed by atoms with van der Waals surface area (Å²) in [5.74, 6) is -1.36. The van der Waals surface area contributed by atoms with Crippen LogP contribution in [0.25, 0.3) is 0 Å². The molecule has 1 fully saturated rings. The van der Waals surface area contributed by atoms with E-state index >= 15 is 0 Å². The van der Waals surface area contributed by atoms with Crippen LogP contribution in [0.2, 0.25) is 6.32 Å². The van der Waals surface area contributed by atoms with Gasteiger partial charge < -0.3 is 20.3 Å². The van der Waals surface area contributed by atoms with E-state index in [2.05, 4.69) is 5.32 Å². The molecule has 5 N–H and O–H groups in total. The van der Waals surface area contributed by atoms with Crippen LogP contribution in [0.5, 0.6) is 0 Å². The van der Waals surface area contributed by atoms with Crippen LogP contribution in [0, 0.1) is 0 Å². The Bertz CT molecular complexity index is 272. The number of halogens is 2. The van der Waals surface area contributed by atoms with Crippen LogP contribution < -0.4 is 5.32 Å². The molecule has 0 spiro atoms. The average molecular weight is 271 g/mol. The minimum Gasteiger partial charge on any atom is -0.480 e. The van der Waals surface area contributed by atoms with Crippen LogP contribution in [0.3, 0.4) is 0 Å². The number of alkyl halides is 1. The van der Waals surface area contributed by atoms with E-state index in [0.717, 1.165) is 0 Å². The van der Waals surface area contributed by atoms with Gasteiger partial charge >= 0.3 is 13.1 Å². The maximum atomic E-state index is 14.2. The Balaban J connectivity index is 0.00000256. The monoisotopic (exact) mass is 271 g/mol. The van der Waals surface area contributed by atoms with Crippen LogP contribution in [0.4, 0.5) is 4.39 Å². The molecule has 0 aromatic rings. The number of rotatable bonds is 5. The standard InChI is InChI=1S/C8H15BFNO5.ClH/c10-8(2-1-3-9(15)16)5(12)4-11-6(8)7(13)14;/h5-6,11-12,15-16H,1-4H2,(H,13,14);1H/t5-,6-,8+;/m1./s1. The molecular weight excluding hydrogens is 255 g/mol. The summed E-state index contributed by atoms with van der Waals surface area (Å²) in [7, 11) is -1.54. The molecule has 0 unspecified atom stereocenters. The molecule has 1 heterocycles. The van der Waals surface area contributed by atoms with Gasteiger partial charge in [-0.05, 0) is 12.7 Å². The lowest BCUT2D eigenvalue weighted by Crippen LogP contribution is -2.49. The smallest absolute Gasteiger partial charge is 0.451 e. The second-order valence-corrected chi connectivity index (χ2v) is 3.99. The Hall–Kier alpha value is -0.405. The molecule has 1 saturated heterocycles. The third-order valence-corrected chi connectivity index (χ3v) is 2.82. The minimum absolute atomic E-state index is 0. The summed E-state index contributed by atoms with van der Waals surface area (Å²) in [5, 5.41) is 37.7. The van der Waals surface area contributed by atoms with E-state index in [4.69, 9.17) is 15.2 Å². The van der Waals surface area contributed by atoms with Gasteiger partial charge in [0.1, 0.15) is 12.1 Å². The van der Waals surface area contributed by atoms with Crippen LogP contribution in [-0.4, -0.2) is 57.7 Å². The van der Waals surface area contributed by atoms with Crippen LogP contribution in [0.1, 0.15) is 12.8 Å². The molecule has 0 amide bonds. The predicted octanol–water partition coefficient (Wildman–Crippen LogP) is -1.21. The summed E-state index contributed by atoms with van der Waals surface area (Å²) in [6.07, 6.45) is -1.57. The highest BCUT2D eigenvalue weighted by Gasteiger charge is 2.53. The molecule has 0 saturated carbocycles. The molecule has 0 aromatic carbocycles. The number of aliphatic carboxylic acids is 1. The summed E-state index contributed by atoms with van der Waals surface area (Å²) >= 11 is 0. The van der Waals surface area contributed by atoms with Crippen LogP contribution in [0.15, 0.2) is 0 Å². The quantitative estimate of drug-likeness (QED) is 0.401. The van der Waals surface area contributed by atoms with Crippen molar-refractivity contribution in [3.05, 3.63) is 0 Å². The lowest BCUT2D eigenvalue weighted by atomic mass is 9.79. The Morgan fingerprint density at radius 2 is 2.12 bits per heavy atom. The van der Waals surface area contributed by atoms with Gasteiger partial charge in [0.05, 0.1) is 0 Å². The van der Waals surface area contributed by atoms with Gasteiger partial charge in [-0.3, -0.25) is 10.1 Å². The molecule has 0 radical (unpaired) electrons. The van der Waals surface area contributed by atoms with Crippen LogP contribution in [-0.2, 0) is 4.79 Å². The summed E-state index contributed by atoms with van der Waals surface area (Å²) in [5.41, 5.74) is -2.25. The first-order valence-electron chi connectivity index (χ1n) is 5.07. The Morgan fingerprint density at radius 1 is 1.53 bits per heavy atom. The Kier molecular flexibility index (Phi) is 6.35. The van der Waals surface area contributed by atoms with Gasteiger partial charge in [0, 0.05) is 6.54 Å². The van der Waals surface area contributed by atoms with E-state index in [-0.39, 0.29) is 38.1 Å². The van der Waals surface area contributed by atoms with Gasteiger partial charge in [0.2, 0.25) is 0 Å². The number of aliphatic hydroxyl groups is 1. The average Bonchev–Trinajstić information content (AvgIpc) is 2.43. The molecule has 6 nitrogen and oxygen atoms in total. The minimum atomic E-state index is -2.25. The molecule has 9 heteroatoms. The molecule has 1 rings (SSSR count). The van der Waals surface area contributed by atoms with Gasteiger partial charge in [0.15, 0.2) is 5.67 Å². The third-order valence-electron chi connectivity index (χ3n) is 2.82. The van der Waals surface area contributed by atoms with Crippen molar-refractivity contribution in [2.24, 2.45) is 0 Å². The second-order valence-electron chi connectivity index (χ2n) is 3.99. The molecule has 1 aliphatic heterocycles. The molecule has 0 aromatic heterocycles. The number of carbonyl (C=O) groups is 1. The molecule has 1 aliphatic rings. The van der Waals surface area contributed by atoms with Crippen molar-refractivity contribution in [1.29, 1.82) is 0 Å². The molecule has 0 aliphatic carbocycles. The number of hydrogen-bond donors (Lipinski definition) is 5. The van der Waals surface area contributed by atoms with E-state index in [1.807, 2.05) is 0 Å². The lowest BCUT2D eigenvalue weighted by molar-refractivity contribution is -0.144. The third kappa shape index (κ3) is 3.79. The summed E-state index contributed by atoms with van der Waals surface area (Å²) in [6.45, 7) is -0.116. The van der Waals surface area contributed by atoms with E-state index in [0.29, 0.717) is 0 Å². The highest BCUT2D eigenvalue weighted by molar-refractivity contribution is 6.40. The number of carboxylic acids is 1. The van der Waals surface area contributed by atoms with Crippen molar-refractivity contribution in [1.82, 2.24) is 5.32 Å². The maximum Gasteiger partial charge on any atom is 0.451 e. The fraction of sp³-hybridized carbons (Fsp3) is 0.875. The van der Waals surface area contributed by atoms with Gasteiger partial charge in [-0.1, -0.05) is 6.42 Å². The van der Waals surface area contributed by atoms with Crippen molar-refractivity contribution >= 4 is 25.5 Å². The SMILES string of the molecule is Cl.O=C(O)[C@H]1NC[C@@H](O)[C@@]1(F)CCCB(O)O. The van der Waals surface area contributed by atoms with Crippen molar-refractivity contribution < 1.29 is 29.4 Å². The van der Waals surface area contributed by atoms with Crippen molar-refractivity contribution in [2.75, 3.05) is 6.54 Å². The molecule has 0 bridgehead atoms. The zero-order chi connectivity index (χ0) is 12.3. The molecule has 3 atom stereocenters. The van der Waals surface area contributed by atoms with Gasteiger partial charge in [0.25, 0.3) is 0 Å². The number of β-amino-alcohol motifs (C(OH)–C–C–N with tert-alkyl or cyclic N) is 1. The number of hydrogen-bond acceptors (Lipinski definition) is 5. The first kappa shape index (κ1) is 16.6. The van der Waals surface area contributed by atoms with E-state index in [1.54, 1.807) is 0 Å². The van der Waals surface area contributed by atoms with Crippen molar-refractivity contribution in [2.45, 2.75) is 37.0 Å². The maximum absolute atomic E-state index is 14.2. The van der Waals surface area contributed by atoms with Crippen molar-refractivity contribution in [3.8, 4) is 0 Å². The molecular formula is C8H16BClFNO5. The number of carboxylic acid groups (broad SMARTS) is 1. The highest BCUT2D eigenvalue weighted by Crippen LogP contribution is 2.32.